The lowest BCUT2D eigenvalue weighted by Crippen LogP contribution is -2.45. The van der Waals surface area contributed by atoms with Crippen molar-refractivity contribution in [3.8, 4) is 0 Å². The summed E-state index contributed by atoms with van der Waals surface area (Å²) in [5.74, 6) is 0.348. The van der Waals surface area contributed by atoms with Crippen molar-refractivity contribution >= 4 is 17.7 Å². The molecule has 1 unspecified atom stereocenters. The summed E-state index contributed by atoms with van der Waals surface area (Å²) in [5.41, 5.74) is 1.24. The number of benzene rings is 2. The molecule has 0 saturated carbocycles. The summed E-state index contributed by atoms with van der Waals surface area (Å²) in [6.45, 7) is 5.29. The number of piperazine rings is 1. The predicted octanol–water partition coefficient (Wildman–Crippen LogP) is 4.56. The molecule has 0 radical (unpaired) electrons. The van der Waals surface area contributed by atoms with Crippen LogP contribution in [0, 0.1) is 0 Å². The van der Waals surface area contributed by atoms with Gasteiger partial charge in [-0.15, -0.1) is 11.8 Å². The van der Waals surface area contributed by atoms with Crippen LogP contribution >= 0.6 is 11.8 Å². The van der Waals surface area contributed by atoms with Crippen LogP contribution < -0.4 is 0 Å². The summed E-state index contributed by atoms with van der Waals surface area (Å²) < 4.78 is 6.13. The third kappa shape index (κ3) is 5.55. The van der Waals surface area contributed by atoms with E-state index in [2.05, 4.69) is 16.8 Å². The number of ether oxygens (including phenoxy) is 1. The first-order chi connectivity index (χ1) is 15.6. The van der Waals surface area contributed by atoms with Gasteiger partial charge in [0.15, 0.2) is 0 Å². The minimum atomic E-state index is -0.814. The molecule has 2 heterocycles. The number of cyclic esters (lactones) is 1. The smallest absolute Gasteiger partial charge is 0.348 e. The molecule has 170 valence electrons. The molecule has 6 heteroatoms. The molecule has 2 aliphatic rings. The fraction of sp³-hybridized carbons (Fsp3) is 0.423. The molecule has 2 aromatic rings. The van der Waals surface area contributed by atoms with Crippen LogP contribution in [0.5, 0.6) is 0 Å². The number of rotatable bonds is 8. The van der Waals surface area contributed by atoms with Crippen LogP contribution in [0.15, 0.2) is 71.3 Å². The second-order valence-corrected chi connectivity index (χ2v) is 9.71. The zero-order chi connectivity index (χ0) is 22.4. The monoisotopic (exact) mass is 452 g/mol. The first-order valence-electron chi connectivity index (χ1n) is 11.3. The minimum Gasteiger partial charge on any atom is -0.511 e. The Hall–Kier alpha value is -2.28. The number of esters is 1. The minimum absolute atomic E-state index is 0.144. The number of hydrogen-bond acceptors (Lipinski definition) is 6. The van der Waals surface area contributed by atoms with Crippen LogP contribution in [0.2, 0.25) is 0 Å². The summed E-state index contributed by atoms with van der Waals surface area (Å²) in [6, 6.07) is 19.8. The van der Waals surface area contributed by atoms with E-state index in [1.165, 1.54) is 11.8 Å². The number of nitrogens with zero attached hydrogens (tertiary/aromatic N) is 2. The predicted molar refractivity (Wildman–Crippen MR) is 129 cm³/mol. The maximum Gasteiger partial charge on any atom is 0.348 e. The van der Waals surface area contributed by atoms with Crippen LogP contribution in [-0.2, 0) is 20.9 Å². The number of aliphatic hydroxyl groups is 1. The van der Waals surface area contributed by atoms with Crippen LogP contribution in [0.3, 0.4) is 0 Å². The summed E-state index contributed by atoms with van der Waals surface area (Å²) >= 11 is 1.35. The van der Waals surface area contributed by atoms with Crippen molar-refractivity contribution in [3.63, 3.8) is 0 Å². The van der Waals surface area contributed by atoms with E-state index in [0.29, 0.717) is 23.5 Å². The van der Waals surface area contributed by atoms with Gasteiger partial charge < -0.3 is 19.6 Å². The third-order valence-corrected chi connectivity index (χ3v) is 7.53. The Labute approximate surface area is 195 Å². The highest BCUT2D eigenvalue weighted by atomic mass is 32.2. The van der Waals surface area contributed by atoms with Gasteiger partial charge in [-0.1, -0.05) is 60.7 Å². The van der Waals surface area contributed by atoms with Crippen molar-refractivity contribution < 1.29 is 14.6 Å². The molecule has 0 aliphatic carbocycles. The molecular weight excluding hydrogens is 420 g/mol. The molecule has 32 heavy (non-hydrogen) atoms. The van der Waals surface area contributed by atoms with E-state index in [0.717, 1.165) is 50.3 Å². The quantitative estimate of drug-likeness (QED) is 0.593. The SMILES string of the molecule is CN1CCN(CCCC2(c3ccccc3)CC(O)=C(SCc3ccccc3)C(=O)O2)CC1. The summed E-state index contributed by atoms with van der Waals surface area (Å²) in [6.07, 6.45) is 1.92. The average Bonchev–Trinajstić information content (AvgIpc) is 2.81. The summed E-state index contributed by atoms with van der Waals surface area (Å²) in [5, 5.41) is 10.9. The topological polar surface area (TPSA) is 53.0 Å². The van der Waals surface area contributed by atoms with E-state index in [-0.39, 0.29) is 5.76 Å². The van der Waals surface area contributed by atoms with Crippen molar-refractivity contribution in [2.75, 3.05) is 39.8 Å². The van der Waals surface area contributed by atoms with Gasteiger partial charge in [-0.25, -0.2) is 4.79 Å². The van der Waals surface area contributed by atoms with E-state index >= 15 is 0 Å². The molecule has 1 atom stereocenters. The zero-order valence-corrected chi connectivity index (χ0v) is 19.5. The fourth-order valence-corrected chi connectivity index (χ4v) is 5.35. The Morgan fingerprint density at radius 1 is 1.00 bits per heavy atom. The molecule has 0 aromatic heterocycles. The maximum absolute atomic E-state index is 13.0. The summed E-state index contributed by atoms with van der Waals surface area (Å²) in [4.78, 5) is 18.2. The van der Waals surface area contributed by atoms with E-state index in [1.54, 1.807) is 0 Å². The van der Waals surface area contributed by atoms with Crippen LogP contribution in [0.4, 0.5) is 0 Å². The van der Waals surface area contributed by atoms with Gasteiger partial charge >= 0.3 is 5.97 Å². The van der Waals surface area contributed by atoms with Crippen molar-refractivity contribution in [2.24, 2.45) is 0 Å². The van der Waals surface area contributed by atoms with E-state index in [9.17, 15) is 9.90 Å². The standard InChI is InChI=1S/C26H32N2O3S/c1-27-15-17-28(18-16-27)14-8-13-26(22-11-6-3-7-12-22)19-23(29)24(25(30)31-26)32-20-21-9-4-2-5-10-21/h2-7,9-12,29H,8,13-20H2,1H3. The normalized spacial score (nSPS) is 22.7. The highest BCUT2D eigenvalue weighted by Crippen LogP contribution is 2.44. The Bertz CT molecular complexity index is 927. The molecule has 0 amide bonds. The number of thioether (sulfide) groups is 1. The molecule has 1 saturated heterocycles. The average molecular weight is 453 g/mol. The van der Waals surface area contributed by atoms with E-state index in [1.807, 2.05) is 60.7 Å². The van der Waals surface area contributed by atoms with Gasteiger partial charge in [0.1, 0.15) is 16.3 Å². The van der Waals surface area contributed by atoms with Crippen molar-refractivity contribution in [1.29, 1.82) is 0 Å². The Balaban J connectivity index is 1.47. The maximum atomic E-state index is 13.0. The number of carbonyl (C=O) groups is 1. The molecule has 0 bridgehead atoms. The lowest BCUT2D eigenvalue weighted by molar-refractivity contribution is -0.160. The largest absolute Gasteiger partial charge is 0.511 e. The van der Waals surface area contributed by atoms with E-state index < -0.39 is 11.6 Å². The molecule has 2 aliphatic heterocycles. The highest BCUT2D eigenvalue weighted by molar-refractivity contribution is 8.03. The number of carbonyl (C=O) groups excluding carboxylic acids is 1. The van der Waals surface area contributed by atoms with Gasteiger partial charge in [0, 0.05) is 31.9 Å². The van der Waals surface area contributed by atoms with Crippen LogP contribution in [-0.4, -0.2) is 60.6 Å². The highest BCUT2D eigenvalue weighted by Gasteiger charge is 2.43. The van der Waals surface area contributed by atoms with Crippen molar-refractivity contribution in [1.82, 2.24) is 9.80 Å². The third-order valence-electron chi connectivity index (χ3n) is 6.37. The second kappa shape index (κ2) is 10.6. The first-order valence-corrected chi connectivity index (χ1v) is 12.3. The number of likely N-dealkylation sites (N-methyl/N-ethyl adjacent to an activating group) is 1. The number of aliphatic hydroxyl groups excluding tert-OH is 1. The molecule has 0 spiro atoms. The second-order valence-electron chi connectivity index (χ2n) is 8.73. The molecule has 2 aromatic carbocycles. The van der Waals surface area contributed by atoms with Gasteiger partial charge in [-0.2, -0.15) is 0 Å². The Morgan fingerprint density at radius 2 is 1.66 bits per heavy atom. The van der Waals surface area contributed by atoms with Gasteiger partial charge in [-0.05, 0) is 37.6 Å². The lowest BCUT2D eigenvalue weighted by Gasteiger charge is -2.38. The Kier molecular flexibility index (Phi) is 7.55. The molecule has 5 nitrogen and oxygen atoms in total. The molecule has 4 rings (SSSR count). The summed E-state index contributed by atoms with van der Waals surface area (Å²) in [7, 11) is 2.16. The van der Waals surface area contributed by atoms with Crippen LogP contribution in [0.1, 0.15) is 30.4 Å². The van der Waals surface area contributed by atoms with Crippen molar-refractivity contribution in [3.05, 3.63) is 82.5 Å². The van der Waals surface area contributed by atoms with Gasteiger partial charge in [0.2, 0.25) is 0 Å². The van der Waals surface area contributed by atoms with Crippen LogP contribution in [0.25, 0.3) is 0 Å². The van der Waals surface area contributed by atoms with Gasteiger partial charge in [0.05, 0.1) is 6.42 Å². The Morgan fingerprint density at radius 3 is 2.31 bits per heavy atom. The van der Waals surface area contributed by atoms with Gasteiger partial charge in [0.25, 0.3) is 0 Å². The van der Waals surface area contributed by atoms with E-state index in [4.69, 9.17) is 4.74 Å². The van der Waals surface area contributed by atoms with Crippen molar-refractivity contribution in [2.45, 2.75) is 30.6 Å². The molecular formula is C26H32N2O3S. The lowest BCUT2D eigenvalue weighted by atomic mass is 9.83. The van der Waals surface area contributed by atoms with Gasteiger partial charge in [-0.3, -0.25) is 0 Å². The number of hydrogen-bond donors (Lipinski definition) is 1. The zero-order valence-electron chi connectivity index (χ0n) is 18.7. The molecule has 1 fully saturated rings. The fourth-order valence-electron chi connectivity index (χ4n) is 4.45. The first kappa shape index (κ1) is 22.9. The molecule has 1 N–H and O–H groups in total.